The molecular formula is C19H16N2O2. The van der Waals surface area contributed by atoms with Gasteiger partial charge < -0.3 is 14.6 Å². The second-order valence-corrected chi connectivity index (χ2v) is 5.51. The number of para-hydroxylation sites is 1. The first-order valence-electron chi connectivity index (χ1n) is 7.57. The van der Waals surface area contributed by atoms with Gasteiger partial charge in [0.1, 0.15) is 12.4 Å². The van der Waals surface area contributed by atoms with Crippen molar-refractivity contribution in [3.8, 4) is 11.4 Å². The third kappa shape index (κ3) is 2.59. The van der Waals surface area contributed by atoms with Crippen LogP contribution in [0, 0.1) is 0 Å². The Morgan fingerprint density at radius 1 is 1.00 bits per heavy atom. The molecule has 1 amide bonds. The van der Waals surface area contributed by atoms with E-state index in [-0.39, 0.29) is 11.9 Å². The van der Waals surface area contributed by atoms with Gasteiger partial charge in [0.25, 0.3) is 5.91 Å². The van der Waals surface area contributed by atoms with E-state index in [2.05, 4.69) is 5.32 Å². The summed E-state index contributed by atoms with van der Waals surface area (Å²) in [6.07, 6.45) is 3.95. The molecule has 0 saturated heterocycles. The average Bonchev–Trinajstić information content (AvgIpc) is 3.25. The molecule has 0 saturated carbocycles. The fourth-order valence-electron chi connectivity index (χ4n) is 2.82. The summed E-state index contributed by atoms with van der Waals surface area (Å²) in [6.45, 7) is 0.479. The van der Waals surface area contributed by atoms with Gasteiger partial charge in [-0.25, -0.2) is 0 Å². The molecule has 1 aliphatic heterocycles. The summed E-state index contributed by atoms with van der Waals surface area (Å²) in [5.74, 6) is 0.759. The molecular weight excluding hydrogens is 288 g/mol. The number of nitrogens with zero attached hydrogens (tertiary/aromatic N) is 1. The smallest absolute Gasteiger partial charge is 0.251 e. The lowest BCUT2D eigenvalue weighted by Crippen LogP contribution is -2.29. The van der Waals surface area contributed by atoms with E-state index in [0.717, 1.165) is 17.0 Å². The Balaban J connectivity index is 1.50. The second kappa shape index (κ2) is 5.65. The van der Waals surface area contributed by atoms with E-state index in [1.165, 1.54) is 0 Å². The van der Waals surface area contributed by atoms with Crippen molar-refractivity contribution in [3.63, 3.8) is 0 Å². The van der Waals surface area contributed by atoms with E-state index in [1.807, 2.05) is 77.6 Å². The first kappa shape index (κ1) is 13.6. The van der Waals surface area contributed by atoms with Gasteiger partial charge >= 0.3 is 0 Å². The molecule has 0 radical (unpaired) electrons. The number of hydrogen-bond donors (Lipinski definition) is 1. The highest BCUT2D eigenvalue weighted by atomic mass is 16.5. The summed E-state index contributed by atoms with van der Waals surface area (Å²) in [6, 6.07) is 19.2. The largest absolute Gasteiger partial charge is 0.491 e. The summed E-state index contributed by atoms with van der Waals surface area (Å²) >= 11 is 0. The van der Waals surface area contributed by atoms with E-state index >= 15 is 0 Å². The van der Waals surface area contributed by atoms with Crippen molar-refractivity contribution in [2.24, 2.45) is 0 Å². The molecule has 0 aliphatic carbocycles. The number of carbonyl (C=O) groups is 1. The monoisotopic (exact) mass is 304 g/mol. The van der Waals surface area contributed by atoms with Crippen LogP contribution in [0.4, 0.5) is 0 Å². The quantitative estimate of drug-likeness (QED) is 0.806. The minimum atomic E-state index is -0.0946. The van der Waals surface area contributed by atoms with Crippen LogP contribution in [-0.4, -0.2) is 17.1 Å². The van der Waals surface area contributed by atoms with Crippen LogP contribution in [0.1, 0.15) is 22.0 Å². The summed E-state index contributed by atoms with van der Waals surface area (Å²) < 4.78 is 7.60. The normalized spacial score (nSPS) is 15.7. The molecule has 3 aromatic rings. The summed E-state index contributed by atoms with van der Waals surface area (Å²) in [4.78, 5) is 12.4. The highest BCUT2D eigenvalue weighted by molar-refractivity contribution is 5.94. The van der Waals surface area contributed by atoms with Crippen LogP contribution in [0.25, 0.3) is 5.69 Å². The van der Waals surface area contributed by atoms with Gasteiger partial charge in [-0.2, -0.15) is 0 Å². The van der Waals surface area contributed by atoms with Gasteiger partial charge in [-0.05, 0) is 42.5 Å². The molecule has 2 heterocycles. The summed E-state index contributed by atoms with van der Waals surface area (Å²) in [7, 11) is 0. The molecule has 2 aromatic carbocycles. The van der Waals surface area contributed by atoms with Crippen molar-refractivity contribution in [2.75, 3.05) is 6.61 Å². The van der Waals surface area contributed by atoms with Crippen LogP contribution < -0.4 is 10.1 Å². The van der Waals surface area contributed by atoms with E-state index in [9.17, 15) is 4.79 Å². The zero-order chi connectivity index (χ0) is 15.6. The van der Waals surface area contributed by atoms with Crippen molar-refractivity contribution in [1.82, 2.24) is 9.88 Å². The number of hydrogen-bond acceptors (Lipinski definition) is 2. The van der Waals surface area contributed by atoms with Crippen LogP contribution in [0.2, 0.25) is 0 Å². The number of ether oxygens (including phenoxy) is 1. The van der Waals surface area contributed by atoms with Crippen molar-refractivity contribution < 1.29 is 9.53 Å². The van der Waals surface area contributed by atoms with Crippen LogP contribution in [-0.2, 0) is 0 Å². The van der Waals surface area contributed by atoms with E-state index in [0.29, 0.717) is 12.2 Å². The van der Waals surface area contributed by atoms with E-state index in [4.69, 9.17) is 4.74 Å². The molecule has 1 atom stereocenters. The minimum absolute atomic E-state index is 0.0886. The number of rotatable bonds is 3. The van der Waals surface area contributed by atoms with Gasteiger partial charge in [-0.3, -0.25) is 4.79 Å². The van der Waals surface area contributed by atoms with Crippen LogP contribution in [0.15, 0.2) is 73.1 Å². The second-order valence-electron chi connectivity index (χ2n) is 5.51. The van der Waals surface area contributed by atoms with Gasteiger partial charge in [0.05, 0.1) is 6.04 Å². The molecule has 0 spiro atoms. The van der Waals surface area contributed by atoms with Gasteiger partial charge in [-0.1, -0.05) is 18.2 Å². The predicted octanol–water partition coefficient (Wildman–Crippen LogP) is 3.34. The Labute approximate surface area is 134 Å². The third-order valence-electron chi connectivity index (χ3n) is 4.04. The molecule has 114 valence electrons. The summed E-state index contributed by atoms with van der Waals surface area (Å²) in [5.41, 5.74) is 2.70. The molecule has 23 heavy (non-hydrogen) atoms. The Morgan fingerprint density at radius 2 is 1.74 bits per heavy atom. The SMILES string of the molecule is O=C(NC1COc2ccccc21)c1ccc(-n2cccc2)cc1. The van der Waals surface area contributed by atoms with E-state index in [1.54, 1.807) is 0 Å². The molecule has 1 unspecified atom stereocenters. The van der Waals surface area contributed by atoms with Crippen molar-refractivity contribution in [2.45, 2.75) is 6.04 Å². The van der Waals surface area contributed by atoms with Crippen molar-refractivity contribution in [1.29, 1.82) is 0 Å². The zero-order valence-electron chi connectivity index (χ0n) is 12.5. The number of fused-ring (bicyclic) bond motifs is 1. The number of aromatic nitrogens is 1. The van der Waals surface area contributed by atoms with Gasteiger partial charge in [0, 0.05) is 29.2 Å². The van der Waals surface area contributed by atoms with E-state index < -0.39 is 0 Å². The van der Waals surface area contributed by atoms with Crippen LogP contribution in [0.5, 0.6) is 5.75 Å². The van der Waals surface area contributed by atoms with Crippen molar-refractivity contribution >= 4 is 5.91 Å². The topological polar surface area (TPSA) is 43.3 Å². The van der Waals surface area contributed by atoms with Gasteiger partial charge in [0.15, 0.2) is 0 Å². The lowest BCUT2D eigenvalue weighted by Gasteiger charge is -2.12. The number of amides is 1. The Kier molecular flexibility index (Phi) is 3.35. The summed E-state index contributed by atoms with van der Waals surface area (Å²) in [5, 5.41) is 3.03. The fourth-order valence-corrected chi connectivity index (χ4v) is 2.82. The number of nitrogens with one attached hydrogen (secondary N) is 1. The highest BCUT2D eigenvalue weighted by Crippen LogP contribution is 2.31. The van der Waals surface area contributed by atoms with Crippen molar-refractivity contribution in [3.05, 3.63) is 84.2 Å². The lowest BCUT2D eigenvalue weighted by atomic mass is 10.1. The van der Waals surface area contributed by atoms with Gasteiger partial charge in [-0.15, -0.1) is 0 Å². The molecule has 4 heteroatoms. The molecule has 1 aliphatic rings. The van der Waals surface area contributed by atoms with Gasteiger partial charge in [0.2, 0.25) is 0 Å². The first-order chi connectivity index (χ1) is 11.3. The Hall–Kier alpha value is -3.01. The third-order valence-corrected chi connectivity index (χ3v) is 4.04. The first-order valence-corrected chi connectivity index (χ1v) is 7.57. The average molecular weight is 304 g/mol. The molecule has 0 bridgehead atoms. The Bertz CT molecular complexity index is 823. The number of carbonyl (C=O) groups excluding carboxylic acids is 1. The maximum absolute atomic E-state index is 12.4. The molecule has 0 fully saturated rings. The molecule has 1 N–H and O–H groups in total. The molecule has 1 aromatic heterocycles. The van der Waals surface area contributed by atoms with Crippen LogP contribution in [0.3, 0.4) is 0 Å². The standard InChI is InChI=1S/C19H16N2O2/c22-19(20-17-13-23-18-6-2-1-5-16(17)18)14-7-9-15(10-8-14)21-11-3-4-12-21/h1-12,17H,13H2,(H,20,22). The zero-order valence-corrected chi connectivity index (χ0v) is 12.5. The maximum Gasteiger partial charge on any atom is 0.251 e. The predicted molar refractivity (Wildman–Crippen MR) is 87.9 cm³/mol. The fraction of sp³-hybridized carbons (Fsp3) is 0.105. The Morgan fingerprint density at radius 3 is 2.52 bits per heavy atom. The molecule has 4 rings (SSSR count). The highest BCUT2D eigenvalue weighted by Gasteiger charge is 2.25. The minimum Gasteiger partial charge on any atom is -0.491 e. The lowest BCUT2D eigenvalue weighted by molar-refractivity contribution is 0.0930. The molecule has 4 nitrogen and oxygen atoms in total. The maximum atomic E-state index is 12.4. The van der Waals surface area contributed by atoms with Crippen LogP contribution >= 0.6 is 0 Å². The number of benzene rings is 2.